The molecule has 94 valence electrons. The Morgan fingerprint density at radius 1 is 1.18 bits per heavy atom. The van der Waals surface area contributed by atoms with Gasteiger partial charge < -0.3 is 10.5 Å². The number of benzene rings is 1. The van der Waals surface area contributed by atoms with E-state index in [0.29, 0.717) is 12.0 Å². The summed E-state index contributed by atoms with van der Waals surface area (Å²) in [5.41, 5.74) is 6.99. The molecule has 2 heteroatoms. The van der Waals surface area contributed by atoms with Gasteiger partial charge >= 0.3 is 0 Å². The van der Waals surface area contributed by atoms with E-state index >= 15 is 0 Å². The molecule has 0 aromatic heterocycles. The molecule has 17 heavy (non-hydrogen) atoms. The van der Waals surface area contributed by atoms with Crippen molar-refractivity contribution in [2.45, 2.75) is 51.7 Å². The molecule has 0 spiro atoms. The van der Waals surface area contributed by atoms with Gasteiger partial charge in [0, 0.05) is 6.04 Å². The first-order valence-electron chi connectivity index (χ1n) is 6.69. The Bertz CT molecular complexity index is 344. The number of rotatable bonds is 3. The highest BCUT2D eigenvalue weighted by Gasteiger charge is 2.22. The van der Waals surface area contributed by atoms with Crippen LogP contribution in [0.1, 0.15) is 51.1 Å². The fourth-order valence-corrected chi connectivity index (χ4v) is 2.48. The van der Waals surface area contributed by atoms with Gasteiger partial charge in [-0.15, -0.1) is 0 Å². The lowest BCUT2D eigenvalue weighted by Crippen LogP contribution is -2.28. The van der Waals surface area contributed by atoms with E-state index in [1.807, 2.05) is 19.1 Å². The van der Waals surface area contributed by atoms with E-state index in [2.05, 4.69) is 19.1 Å². The number of hydrogen-bond acceptors (Lipinski definition) is 2. The van der Waals surface area contributed by atoms with Crippen molar-refractivity contribution < 1.29 is 4.74 Å². The van der Waals surface area contributed by atoms with E-state index in [9.17, 15) is 0 Å². The number of nitrogens with two attached hydrogens (primary N) is 1. The Labute approximate surface area is 104 Å². The molecule has 3 atom stereocenters. The van der Waals surface area contributed by atoms with Crippen LogP contribution < -0.4 is 10.5 Å². The zero-order valence-electron chi connectivity index (χ0n) is 10.9. The van der Waals surface area contributed by atoms with Gasteiger partial charge in [0.15, 0.2) is 0 Å². The molecule has 0 bridgehead atoms. The highest BCUT2D eigenvalue weighted by Crippen LogP contribution is 2.28. The summed E-state index contributed by atoms with van der Waals surface area (Å²) in [6.07, 6.45) is 5.53. The van der Waals surface area contributed by atoms with Crippen LogP contribution in [0.4, 0.5) is 0 Å². The average Bonchev–Trinajstić information content (AvgIpc) is 2.33. The van der Waals surface area contributed by atoms with Gasteiger partial charge in [-0.1, -0.05) is 25.5 Å². The molecule has 2 unspecified atom stereocenters. The first-order chi connectivity index (χ1) is 8.16. The smallest absolute Gasteiger partial charge is 0.119 e. The van der Waals surface area contributed by atoms with Crippen molar-refractivity contribution in [3.05, 3.63) is 29.8 Å². The number of hydrogen-bond donors (Lipinski definition) is 1. The second-order valence-electron chi connectivity index (χ2n) is 5.28. The summed E-state index contributed by atoms with van der Waals surface area (Å²) in [7, 11) is 0. The van der Waals surface area contributed by atoms with Gasteiger partial charge in [-0.05, 0) is 49.8 Å². The molecule has 1 aromatic rings. The first kappa shape index (κ1) is 12.4. The summed E-state index contributed by atoms with van der Waals surface area (Å²) in [5, 5.41) is 0. The van der Waals surface area contributed by atoms with E-state index in [1.54, 1.807) is 0 Å². The van der Waals surface area contributed by atoms with Gasteiger partial charge in [0.05, 0.1) is 0 Å². The Morgan fingerprint density at radius 2 is 1.82 bits per heavy atom. The summed E-state index contributed by atoms with van der Waals surface area (Å²) < 4.78 is 6.06. The van der Waals surface area contributed by atoms with Crippen LogP contribution in [-0.2, 0) is 0 Å². The monoisotopic (exact) mass is 233 g/mol. The van der Waals surface area contributed by atoms with Crippen molar-refractivity contribution >= 4 is 0 Å². The standard InChI is InChI=1S/C15H23NO/c1-11-5-3-4-6-15(11)17-14-9-7-13(8-10-14)12(2)16/h7-12,15H,3-6,16H2,1-2H3/t11?,12-,15?/m1/s1. The highest BCUT2D eigenvalue weighted by atomic mass is 16.5. The third-order valence-corrected chi connectivity index (χ3v) is 3.73. The average molecular weight is 233 g/mol. The van der Waals surface area contributed by atoms with E-state index in [0.717, 1.165) is 11.3 Å². The van der Waals surface area contributed by atoms with Gasteiger partial charge in [-0.2, -0.15) is 0 Å². The molecule has 0 amide bonds. The van der Waals surface area contributed by atoms with Crippen molar-refractivity contribution in [2.24, 2.45) is 11.7 Å². The summed E-state index contributed by atoms with van der Waals surface area (Å²) in [5.74, 6) is 1.66. The molecular weight excluding hydrogens is 210 g/mol. The highest BCUT2D eigenvalue weighted by molar-refractivity contribution is 5.29. The topological polar surface area (TPSA) is 35.2 Å². The zero-order chi connectivity index (χ0) is 12.3. The maximum Gasteiger partial charge on any atom is 0.119 e. The van der Waals surface area contributed by atoms with E-state index in [-0.39, 0.29) is 6.04 Å². The molecule has 1 aliphatic rings. The van der Waals surface area contributed by atoms with Gasteiger partial charge in [0.2, 0.25) is 0 Å². The molecule has 0 saturated heterocycles. The van der Waals surface area contributed by atoms with Crippen LogP contribution in [0.25, 0.3) is 0 Å². The molecular formula is C15H23NO. The summed E-state index contributed by atoms with van der Waals surface area (Å²) >= 11 is 0. The van der Waals surface area contributed by atoms with Crippen molar-refractivity contribution in [3.8, 4) is 5.75 Å². The molecule has 2 rings (SSSR count). The van der Waals surface area contributed by atoms with E-state index < -0.39 is 0 Å². The predicted octanol–water partition coefficient (Wildman–Crippen LogP) is 3.66. The third-order valence-electron chi connectivity index (χ3n) is 3.73. The second kappa shape index (κ2) is 5.54. The van der Waals surface area contributed by atoms with Crippen molar-refractivity contribution in [1.82, 2.24) is 0 Å². The van der Waals surface area contributed by atoms with Crippen molar-refractivity contribution in [3.63, 3.8) is 0 Å². The van der Waals surface area contributed by atoms with Crippen molar-refractivity contribution in [2.75, 3.05) is 0 Å². The van der Waals surface area contributed by atoms with Crippen LogP contribution in [0.3, 0.4) is 0 Å². The van der Waals surface area contributed by atoms with E-state index in [4.69, 9.17) is 10.5 Å². The minimum atomic E-state index is 0.0951. The molecule has 1 saturated carbocycles. The maximum atomic E-state index is 6.06. The molecule has 2 N–H and O–H groups in total. The van der Waals surface area contributed by atoms with E-state index in [1.165, 1.54) is 25.7 Å². The molecule has 1 aliphatic carbocycles. The molecule has 0 radical (unpaired) electrons. The lowest BCUT2D eigenvalue weighted by Gasteiger charge is -2.29. The summed E-state index contributed by atoms with van der Waals surface area (Å²) in [6, 6.07) is 8.30. The van der Waals surface area contributed by atoms with Gasteiger partial charge in [-0.25, -0.2) is 0 Å². The fraction of sp³-hybridized carbons (Fsp3) is 0.600. The second-order valence-corrected chi connectivity index (χ2v) is 5.28. The van der Waals surface area contributed by atoms with Crippen LogP contribution in [0.5, 0.6) is 5.75 Å². The molecule has 0 aliphatic heterocycles. The Hall–Kier alpha value is -1.02. The third kappa shape index (κ3) is 3.22. The Morgan fingerprint density at radius 3 is 2.41 bits per heavy atom. The van der Waals surface area contributed by atoms with Gasteiger partial charge in [0.25, 0.3) is 0 Å². The van der Waals surface area contributed by atoms with Gasteiger partial charge in [0.1, 0.15) is 11.9 Å². The van der Waals surface area contributed by atoms with Crippen LogP contribution in [-0.4, -0.2) is 6.10 Å². The predicted molar refractivity (Wildman–Crippen MR) is 71.1 cm³/mol. The fourth-order valence-electron chi connectivity index (χ4n) is 2.48. The number of ether oxygens (including phenoxy) is 1. The minimum Gasteiger partial charge on any atom is -0.490 e. The lowest BCUT2D eigenvalue weighted by molar-refractivity contribution is 0.102. The quantitative estimate of drug-likeness (QED) is 0.864. The molecule has 1 fully saturated rings. The van der Waals surface area contributed by atoms with Crippen LogP contribution in [0, 0.1) is 5.92 Å². The Balaban J connectivity index is 1.98. The van der Waals surface area contributed by atoms with Crippen LogP contribution in [0.15, 0.2) is 24.3 Å². The van der Waals surface area contributed by atoms with Crippen molar-refractivity contribution in [1.29, 1.82) is 0 Å². The largest absolute Gasteiger partial charge is 0.490 e. The maximum absolute atomic E-state index is 6.06. The SMILES string of the molecule is CC1CCCCC1Oc1ccc([C@@H](C)N)cc1. The van der Waals surface area contributed by atoms with Crippen LogP contribution >= 0.6 is 0 Å². The summed E-state index contributed by atoms with van der Waals surface area (Å²) in [4.78, 5) is 0. The van der Waals surface area contributed by atoms with Crippen LogP contribution in [0.2, 0.25) is 0 Å². The van der Waals surface area contributed by atoms with Gasteiger partial charge in [-0.3, -0.25) is 0 Å². The molecule has 0 heterocycles. The molecule has 2 nitrogen and oxygen atoms in total. The first-order valence-corrected chi connectivity index (χ1v) is 6.69. The molecule has 1 aromatic carbocycles. The summed E-state index contributed by atoms with van der Waals surface area (Å²) in [6.45, 7) is 4.29. The minimum absolute atomic E-state index is 0.0951. The normalized spacial score (nSPS) is 26.5. The lowest BCUT2D eigenvalue weighted by atomic mass is 9.88. The Kier molecular flexibility index (Phi) is 4.06. The zero-order valence-corrected chi connectivity index (χ0v) is 10.9.